The van der Waals surface area contributed by atoms with Gasteiger partial charge in [-0.3, -0.25) is 9.59 Å². The molecule has 18 heavy (non-hydrogen) atoms. The number of benzene rings is 1. The van der Waals surface area contributed by atoms with Crippen LogP contribution in [0.4, 0.5) is 4.39 Å². The monoisotopic (exact) mass is 270 g/mol. The van der Waals surface area contributed by atoms with Gasteiger partial charge in [0.25, 0.3) is 5.91 Å². The average Bonchev–Trinajstić information content (AvgIpc) is 2.32. The van der Waals surface area contributed by atoms with E-state index < -0.39 is 17.8 Å². The van der Waals surface area contributed by atoms with Gasteiger partial charge in [-0.1, -0.05) is 11.6 Å². The minimum Gasteiger partial charge on any atom is -0.353 e. The third-order valence-corrected chi connectivity index (χ3v) is 3.16. The first-order valence-corrected chi connectivity index (χ1v) is 5.92. The highest BCUT2D eigenvalue weighted by atomic mass is 35.5. The third-order valence-electron chi connectivity index (χ3n) is 2.92. The molecule has 1 fully saturated rings. The fourth-order valence-electron chi connectivity index (χ4n) is 1.88. The highest BCUT2D eigenvalue weighted by Crippen LogP contribution is 2.18. The van der Waals surface area contributed by atoms with Crippen LogP contribution in [0.3, 0.4) is 0 Å². The first-order valence-electron chi connectivity index (χ1n) is 5.54. The van der Waals surface area contributed by atoms with Gasteiger partial charge < -0.3 is 10.2 Å². The van der Waals surface area contributed by atoms with Gasteiger partial charge in [-0.2, -0.15) is 0 Å². The standard InChI is InChI=1S/C12H12ClFN2O2/c1-7-11(17)15-4-5-16(7)12(18)9-3-2-8(13)6-10(9)14/h2-3,6-7H,4-5H2,1H3,(H,15,17). The summed E-state index contributed by atoms with van der Waals surface area (Å²) in [5.41, 5.74) is -0.0686. The molecule has 4 nitrogen and oxygen atoms in total. The number of hydrogen-bond donors (Lipinski definition) is 1. The minimum absolute atomic E-state index is 0.0686. The molecule has 6 heteroatoms. The predicted octanol–water partition coefficient (Wildman–Crippen LogP) is 1.44. The van der Waals surface area contributed by atoms with E-state index in [2.05, 4.69) is 5.32 Å². The Hall–Kier alpha value is -1.62. The van der Waals surface area contributed by atoms with Crippen LogP contribution in [0.25, 0.3) is 0 Å². The quantitative estimate of drug-likeness (QED) is 0.839. The van der Waals surface area contributed by atoms with Gasteiger partial charge in [-0.15, -0.1) is 0 Å². The SMILES string of the molecule is CC1C(=O)NCCN1C(=O)c1ccc(Cl)cc1F. The first kappa shape index (κ1) is 12.8. The van der Waals surface area contributed by atoms with E-state index in [0.717, 1.165) is 6.07 Å². The summed E-state index contributed by atoms with van der Waals surface area (Å²) in [6.45, 7) is 2.36. The van der Waals surface area contributed by atoms with E-state index in [1.165, 1.54) is 17.0 Å². The van der Waals surface area contributed by atoms with Crippen molar-refractivity contribution in [1.82, 2.24) is 10.2 Å². The van der Waals surface area contributed by atoms with E-state index in [1.54, 1.807) is 6.92 Å². The number of carbonyl (C=O) groups excluding carboxylic acids is 2. The van der Waals surface area contributed by atoms with Crippen LogP contribution in [-0.4, -0.2) is 35.8 Å². The van der Waals surface area contributed by atoms with Crippen molar-refractivity contribution in [2.45, 2.75) is 13.0 Å². The van der Waals surface area contributed by atoms with E-state index >= 15 is 0 Å². The molecule has 1 aliphatic rings. The number of nitrogens with one attached hydrogen (secondary N) is 1. The molecule has 2 amide bonds. The van der Waals surface area contributed by atoms with Gasteiger partial charge in [-0.25, -0.2) is 4.39 Å². The van der Waals surface area contributed by atoms with Gasteiger partial charge in [0.05, 0.1) is 5.56 Å². The lowest BCUT2D eigenvalue weighted by molar-refractivity contribution is -0.127. The fraction of sp³-hybridized carbons (Fsp3) is 0.333. The van der Waals surface area contributed by atoms with E-state index in [1.807, 2.05) is 0 Å². The van der Waals surface area contributed by atoms with Crippen LogP contribution in [0.15, 0.2) is 18.2 Å². The number of carbonyl (C=O) groups is 2. The Bertz CT molecular complexity index is 507. The van der Waals surface area contributed by atoms with Crippen molar-refractivity contribution in [2.24, 2.45) is 0 Å². The summed E-state index contributed by atoms with van der Waals surface area (Å²) in [6, 6.07) is 3.27. The molecule has 0 aromatic heterocycles. The summed E-state index contributed by atoms with van der Waals surface area (Å²) in [6.07, 6.45) is 0. The van der Waals surface area contributed by atoms with Gasteiger partial charge in [0.1, 0.15) is 11.9 Å². The van der Waals surface area contributed by atoms with Crippen molar-refractivity contribution in [1.29, 1.82) is 0 Å². The molecule has 1 aliphatic heterocycles. The van der Waals surface area contributed by atoms with E-state index in [0.29, 0.717) is 13.1 Å². The number of rotatable bonds is 1. The van der Waals surface area contributed by atoms with Gasteiger partial charge >= 0.3 is 0 Å². The molecule has 1 heterocycles. The topological polar surface area (TPSA) is 49.4 Å². The van der Waals surface area contributed by atoms with Crippen LogP contribution >= 0.6 is 11.6 Å². The number of halogens is 2. The molecule has 0 aliphatic carbocycles. The summed E-state index contributed by atoms with van der Waals surface area (Å²) in [7, 11) is 0. The second-order valence-electron chi connectivity index (χ2n) is 4.09. The van der Waals surface area contributed by atoms with Crippen molar-refractivity contribution in [3.63, 3.8) is 0 Å². The molecule has 1 N–H and O–H groups in total. The van der Waals surface area contributed by atoms with Crippen LogP contribution in [0.2, 0.25) is 5.02 Å². The maximum Gasteiger partial charge on any atom is 0.257 e. The van der Waals surface area contributed by atoms with E-state index in [9.17, 15) is 14.0 Å². The lowest BCUT2D eigenvalue weighted by Gasteiger charge is -2.32. The largest absolute Gasteiger partial charge is 0.353 e. The highest BCUT2D eigenvalue weighted by molar-refractivity contribution is 6.30. The van der Waals surface area contributed by atoms with Crippen LogP contribution < -0.4 is 5.32 Å². The smallest absolute Gasteiger partial charge is 0.257 e. The van der Waals surface area contributed by atoms with Crippen molar-refractivity contribution >= 4 is 23.4 Å². The van der Waals surface area contributed by atoms with Crippen molar-refractivity contribution in [3.8, 4) is 0 Å². The second-order valence-corrected chi connectivity index (χ2v) is 4.53. The maximum atomic E-state index is 13.6. The number of hydrogen-bond acceptors (Lipinski definition) is 2. The van der Waals surface area contributed by atoms with Crippen molar-refractivity contribution < 1.29 is 14.0 Å². The molecule has 1 unspecified atom stereocenters. The van der Waals surface area contributed by atoms with Crippen molar-refractivity contribution in [2.75, 3.05) is 13.1 Å². The molecule has 96 valence electrons. The zero-order valence-corrected chi connectivity index (χ0v) is 10.5. The Morgan fingerprint density at radius 3 is 2.94 bits per heavy atom. The maximum absolute atomic E-state index is 13.6. The molecule has 0 bridgehead atoms. The Morgan fingerprint density at radius 2 is 2.28 bits per heavy atom. The second kappa shape index (κ2) is 4.94. The molecule has 1 aromatic rings. The average molecular weight is 271 g/mol. The lowest BCUT2D eigenvalue weighted by Crippen LogP contribution is -2.55. The highest BCUT2D eigenvalue weighted by Gasteiger charge is 2.30. The number of piperazine rings is 1. The summed E-state index contributed by atoms with van der Waals surface area (Å²) >= 11 is 5.63. The summed E-state index contributed by atoms with van der Waals surface area (Å²) in [5, 5.41) is 2.87. The molecule has 0 spiro atoms. The lowest BCUT2D eigenvalue weighted by atomic mass is 10.1. The van der Waals surface area contributed by atoms with Crippen LogP contribution in [0.5, 0.6) is 0 Å². The van der Waals surface area contributed by atoms with Crippen LogP contribution in [-0.2, 0) is 4.79 Å². The Balaban J connectivity index is 2.28. The zero-order valence-electron chi connectivity index (χ0n) is 9.74. The van der Waals surface area contributed by atoms with Gasteiger partial charge in [0, 0.05) is 18.1 Å². The van der Waals surface area contributed by atoms with E-state index in [4.69, 9.17) is 11.6 Å². The normalized spacial score (nSPS) is 19.6. The molecule has 2 rings (SSSR count). The van der Waals surface area contributed by atoms with Gasteiger partial charge in [0.2, 0.25) is 5.91 Å². The number of amides is 2. The minimum atomic E-state index is -0.675. The number of nitrogens with zero attached hydrogens (tertiary/aromatic N) is 1. The van der Waals surface area contributed by atoms with Crippen LogP contribution in [0, 0.1) is 5.82 Å². The fourth-order valence-corrected chi connectivity index (χ4v) is 2.04. The van der Waals surface area contributed by atoms with Gasteiger partial charge in [-0.05, 0) is 25.1 Å². The van der Waals surface area contributed by atoms with Gasteiger partial charge in [0.15, 0.2) is 0 Å². The molecule has 0 radical (unpaired) electrons. The molecular formula is C12H12ClFN2O2. The summed E-state index contributed by atoms with van der Waals surface area (Å²) in [5.74, 6) is -1.40. The summed E-state index contributed by atoms with van der Waals surface area (Å²) in [4.78, 5) is 25.0. The Labute approximate surface area is 109 Å². The molecule has 1 aromatic carbocycles. The Morgan fingerprint density at radius 1 is 1.56 bits per heavy atom. The third kappa shape index (κ3) is 2.31. The molecule has 1 atom stereocenters. The molecular weight excluding hydrogens is 259 g/mol. The zero-order chi connectivity index (χ0) is 13.3. The van der Waals surface area contributed by atoms with E-state index in [-0.39, 0.29) is 16.5 Å². The predicted molar refractivity (Wildman–Crippen MR) is 64.9 cm³/mol. The first-order chi connectivity index (χ1) is 8.50. The molecule has 1 saturated heterocycles. The molecule has 0 saturated carbocycles. The summed E-state index contributed by atoms with van der Waals surface area (Å²) < 4.78 is 13.6. The Kier molecular flexibility index (Phi) is 3.52. The van der Waals surface area contributed by atoms with Crippen LogP contribution in [0.1, 0.15) is 17.3 Å². The van der Waals surface area contributed by atoms with Crippen molar-refractivity contribution in [3.05, 3.63) is 34.6 Å².